The molecule has 540 valence electrons. The molecule has 8 heterocycles. The van der Waals surface area contributed by atoms with Crippen LogP contribution >= 0.6 is 0 Å². The molecule has 0 bridgehead atoms. The van der Waals surface area contributed by atoms with E-state index in [0.717, 1.165) is 5.56 Å². The lowest BCUT2D eigenvalue weighted by Gasteiger charge is -2.45. The van der Waals surface area contributed by atoms with Gasteiger partial charge < -0.3 is 194 Å². The Labute approximate surface area is 533 Å². The summed E-state index contributed by atoms with van der Waals surface area (Å²) >= 11 is 0. The Kier molecular flexibility index (Phi) is 25.1. The molecular formula is C55H87NO38. The molecule has 1 aromatic rings. The average Bonchev–Trinajstić information content (AvgIpc) is 1.46. The van der Waals surface area contributed by atoms with Gasteiger partial charge in [0.05, 0.1) is 46.2 Å². The smallest absolute Gasteiger partial charge is 0.229 e. The number of hydrogen-bond donors (Lipinski definition) is 25. The molecule has 0 saturated carbocycles. The molecule has 1 aromatic carbocycles. The highest BCUT2D eigenvalue weighted by atomic mass is 16.8. The highest BCUT2D eigenvalue weighted by Crippen LogP contribution is 2.38. The van der Waals surface area contributed by atoms with Crippen molar-refractivity contribution in [1.82, 2.24) is 5.32 Å². The zero-order chi connectivity index (χ0) is 68.7. The van der Waals surface area contributed by atoms with Gasteiger partial charge in [-0.05, 0) is 24.1 Å². The number of aliphatic hydroxyl groups excluding tert-OH is 24. The van der Waals surface area contributed by atoms with Crippen molar-refractivity contribution in [3.8, 4) is 5.75 Å². The van der Waals surface area contributed by atoms with Crippen LogP contribution in [0.4, 0.5) is 0 Å². The molecule has 7 saturated heterocycles. The lowest BCUT2D eigenvalue weighted by atomic mass is 9.82. The van der Waals surface area contributed by atoms with Gasteiger partial charge in [0.2, 0.25) is 12.2 Å². The van der Waals surface area contributed by atoms with Crippen LogP contribution < -0.4 is 10.1 Å². The Bertz CT molecular complexity index is 2570. The van der Waals surface area contributed by atoms with Gasteiger partial charge in [0.1, 0.15) is 177 Å². The molecule has 94 heavy (non-hydrogen) atoms. The Morgan fingerprint density at radius 1 is 0.330 bits per heavy atom. The van der Waals surface area contributed by atoms with Crippen molar-refractivity contribution in [3.63, 3.8) is 0 Å². The van der Waals surface area contributed by atoms with E-state index in [1.54, 1.807) is 26.0 Å². The van der Waals surface area contributed by atoms with Gasteiger partial charge in [-0.3, -0.25) is 0 Å². The summed E-state index contributed by atoms with van der Waals surface area (Å²) in [5.74, 6) is -0.352. The van der Waals surface area contributed by atoms with Crippen LogP contribution in [-0.2, 0) is 68.0 Å². The first-order chi connectivity index (χ1) is 44.3. The molecule has 8 aliphatic rings. The summed E-state index contributed by atoms with van der Waals surface area (Å²) in [6.07, 6.45) is -64.3. The molecule has 0 aromatic heterocycles. The number of hydrogen-bond acceptors (Lipinski definition) is 39. The van der Waals surface area contributed by atoms with E-state index in [2.05, 4.69) is 5.32 Å². The van der Waals surface area contributed by atoms with Gasteiger partial charge in [-0.25, -0.2) is 0 Å². The second kappa shape index (κ2) is 31.5. The van der Waals surface area contributed by atoms with Crippen molar-refractivity contribution in [2.24, 2.45) is 5.41 Å². The van der Waals surface area contributed by atoms with E-state index in [1.165, 1.54) is 12.1 Å². The quantitative estimate of drug-likeness (QED) is 0.0484. The molecule has 25 N–H and O–H groups in total. The SMILES string of the molecule is CC1(C)C(O)=C(O)NC1Cc1ccc(OC2OC(COC3OC(COC4OC(COC5OC(COC6OC(COC7OC(COC8OC(CO)C(O)C(O)C8O)C(O)C(O)C7O)C(O)C(O)C6O)C(O)C(O)C5O)C(O)C(O)C4O)C(O)C(O)C3O)C(O)C(O)C2O)cc1. The summed E-state index contributed by atoms with van der Waals surface area (Å²) < 4.78 is 78.4. The van der Waals surface area contributed by atoms with Crippen LogP contribution in [0.1, 0.15) is 19.4 Å². The number of aliphatic hydroxyl groups is 24. The van der Waals surface area contributed by atoms with Crippen LogP contribution in [0.15, 0.2) is 35.9 Å². The largest absolute Gasteiger partial charge is 0.506 e. The molecule has 8 aliphatic heterocycles. The van der Waals surface area contributed by atoms with Crippen LogP contribution in [0.5, 0.6) is 5.75 Å². The molecule has 39 heteroatoms. The van der Waals surface area contributed by atoms with Crippen molar-refractivity contribution in [2.75, 3.05) is 46.2 Å². The molecule has 0 spiro atoms. The predicted molar refractivity (Wildman–Crippen MR) is 293 cm³/mol. The van der Waals surface area contributed by atoms with Crippen LogP contribution in [0.2, 0.25) is 0 Å². The third-order valence-electron chi connectivity index (χ3n) is 18.0. The molecule has 39 nitrogen and oxygen atoms in total. The average molecular weight is 1370 g/mol. The number of rotatable bonds is 23. The maximum atomic E-state index is 10.9. The molecule has 9 rings (SSSR count). The Balaban J connectivity index is 0.743. The monoisotopic (exact) mass is 1370 g/mol. The van der Waals surface area contributed by atoms with Crippen molar-refractivity contribution in [3.05, 3.63) is 41.5 Å². The Morgan fingerprint density at radius 2 is 0.564 bits per heavy atom. The third-order valence-corrected chi connectivity index (χ3v) is 18.0. The fraction of sp³-hybridized carbons (Fsp3) is 0.855. The molecule has 36 atom stereocenters. The second-order valence-electron chi connectivity index (χ2n) is 24.9. The Hall–Kier alpha value is -3.24. The van der Waals surface area contributed by atoms with Crippen LogP contribution in [-0.4, -0.2) is 390 Å². The summed E-state index contributed by atoms with van der Waals surface area (Å²) in [6, 6.07) is 6.04. The van der Waals surface area contributed by atoms with E-state index < -0.39 is 267 Å². The minimum atomic E-state index is -2.07. The standard InChI is InChI=1S/C55H87NO38/c1-55(2)24(56-47(80)46(55)79)7-15-3-5-16(6-4-15)87-54-45(78)38(71)31(64)23(94-54)14-86-53-44(77)37(70)30(63)22(93-53)13-85-52-43(76)36(69)29(62)21(92-52)12-84-51-42(75)35(68)28(61)20(91-51)11-83-50-41(74)34(67)27(60)19(90-50)10-82-49-40(73)33(66)26(59)18(89-49)9-81-48-39(72)32(65)25(58)17(8-57)88-48/h3-6,17-45,48-54,56-80H,7-14H2,1-2H3. The first-order valence-corrected chi connectivity index (χ1v) is 30.2. The fourth-order valence-corrected chi connectivity index (χ4v) is 11.7. The molecule has 0 aliphatic carbocycles. The normalized spacial score (nSPS) is 48.5. The maximum absolute atomic E-state index is 10.9. The van der Waals surface area contributed by atoms with Crippen molar-refractivity contribution in [1.29, 1.82) is 0 Å². The minimum absolute atomic E-state index is 0.155. The second-order valence-corrected chi connectivity index (χ2v) is 24.9. The van der Waals surface area contributed by atoms with Crippen LogP contribution in [0.3, 0.4) is 0 Å². The van der Waals surface area contributed by atoms with Gasteiger partial charge in [-0.2, -0.15) is 0 Å². The molecular weight excluding hydrogens is 1280 g/mol. The van der Waals surface area contributed by atoms with E-state index in [0.29, 0.717) is 6.42 Å². The van der Waals surface area contributed by atoms with Crippen LogP contribution in [0.25, 0.3) is 0 Å². The first kappa shape index (κ1) is 75.0. The number of ether oxygens (including phenoxy) is 14. The van der Waals surface area contributed by atoms with Gasteiger partial charge in [-0.1, -0.05) is 26.0 Å². The summed E-state index contributed by atoms with van der Waals surface area (Å²) in [7, 11) is 0. The zero-order valence-electron chi connectivity index (χ0n) is 50.2. The minimum Gasteiger partial charge on any atom is -0.506 e. The van der Waals surface area contributed by atoms with Crippen molar-refractivity contribution >= 4 is 0 Å². The van der Waals surface area contributed by atoms with E-state index in [4.69, 9.17) is 66.3 Å². The van der Waals surface area contributed by atoms with E-state index in [1.807, 2.05) is 0 Å². The molecule has 7 fully saturated rings. The number of benzene rings is 1. The topological polar surface area (TPSA) is 627 Å². The number of nitrogens with one attached hydrogen (secondary N) is 1. The predicted octanol–water partition coefficient (Wildman–Crippen LogP) is -13.4. The molecule has 36 unspecified atom stereocenters. The lowest BCUT2D eigenvalue weighted by Crippen LogP contribution is -2.63. The highest BCUT2D eigenvalue weighted by Gasteiger charge is 2.54. The summed E-state index contributed by atoms with van der Waals surface area (Å²) in [5.41, 5.74) is -0.0188. The summed E-state index contributed by atoms with van der Waals surface area (Å²) in [5, 5.41) is 258. The van der Waals surface area contributed by atoms with Gasteiger partial charge in [0.15, 0.2) is 43.5 Å². The van der Waals surface area contributed by atoms with Gasteiger partial charge in [-0.15, -0.1) is 0 Å². The van der Waals surface area contributed by atoms with E-state index >= 15 is 0 Å². The van der Waals surface area contributed by atoms with Crippen molar-refractivity contribution < 1.29 is 189 Å². The third kappa shape index (κ3) is 16.0. The first-order valence-electron chi connectivity index (χ1n) is 30.2. The summed E-state index contributed by atoms with van der Waals surface area (Å²) in [6.45, 7) is -2.04. The van der Waals surface area contributed by atoms with Gasteiger partial charge in [0.25, 0.3) is 0 Å². The maximum Gasteiger partial charge on any atom is 0.229 e. The molecule has 0 amide bonds. The van der Waals surface area contributed by atoms with E-state index in [9.17, 15) is 123 Å². The van der Waals surface area contributed by atoms with Gasteiger partial charge >= 0.3 is 0 Å². The van der Waals surface area contributed by atoms with Gasteiger partial charge in [0, 0.05) is 11.5 Å². The van der Waals surface area contributed by atoms with Crippen LogP contribution in [0, 0.1) is 5.41 Å². The summed E-state index contributed by atoms with van der Waals surface area (Å²) in [4.78, 5) is 0. The van der Waals surface area contributed by atoms with E-state index in [-0.39, 0.29) is 23.4 Å². The molecule has 0 radical (unpaired) electrons. The fourth-order valence-electron chi connectivity index (χ4n) is 11.7. The Morgan fingerprint density at radius 3 is 0.809 bits per heavy atom. The highest BCUT2D eigenvalue weighted by molar-refractivity contribution is 5.30. The zero-order valence-corrected chi connectivity index (χ0v) is 50.2. The lowest BCUT2D eigenvalue weighted by molar-refractivity contribution is -0.353. The van der Waals surface area contributed by atoms with Crippen molar-refractivity contribution in [2.45, 2.75) is 241 Å².